The second-order valence-electron chi connectivity index (χ2n) is 8.90. The highest BCUT2D eigenvalue weighted by Gasteiger charge is 2.58. The van der Waals surface area contributed by atoms with Crippen LogP contribution in [0.2, 0.25) is 0 Å². The molecule has 1 saturated heterocycles. The van der Waals surface area contributed by atoms with E-state index in [-0.39, 0.29) is 23.0 Å². The molecule has 0 spiro atoms. The summed E-state index contributed by atoms with van der Waals surface area (Å²) in [6.45, 7) is 16.1. The number of amides is 2. The van der Waals surface area contributed by atoms with Gasteiger partial charge in [0, 0.05) is 22.3 Å². The fraction of sp³-hybridized carbons (Fsp3) is 0.417. The quantitative estimate of drug-likeness (QED) is 0.601. The maximum Gasteiger partial charge on any atom is 0.340 e. The van der Waals surface area contributed by atoms with E-state index in [4.69, 9.17) is 0 Å². The predicted molar refractivity (Wildman–Crippen MR) is 115 cm³/mol. The molecule has 0 unspecified atom stereocenters. The molecule has 28 heavy (non-hydrogen) atoms. The molecular weight excluding hydrogens is 348 g/mol. The molecule has 1 aliphatic heterocycles. The summed E-state index contributed by atoms with van der Waals surface area (Å²) in [5.74, 6) is -0.294. The third-order valence-corrected chi connectivity index (χ3v) is 5.96. The standard InChI is InChI=1S/C24H30N2O2/c1-14-9-16(3)20(17(4)10-14)26(13-25-22(27)24(7,8)23(26)28)21-18(5)11-15(2)12-19(21)6/h9-12H,13H2,1-8H3/p+1. The van der Waals surface area contributed by atoms with Gasteiger partial charge in [-0.05, 0) is 55.4 Å². The Kier molecular flexibility index (Phi) is 4.75. The van der Waals surface area contributed by atoms with Crippen LogP contribution in [0.1, 0.15) is 47.2 Å². The first-order chi connectivity index (χ1) is 12.9. The van der Waals surface area contributed by atoms with Crippen molar-refractivity contribution in [3.8, 4) is 0 Å². The van der Waals surface area contributed by atoms with E-state index < -0.39 is 5.41 Å². The molecule has 2 aromatic rings. The van der Waals surface area contributed by atoms with Crippen molar-refractivity contribution in [2.45, 2.75) is 55.4 Å². The van der Waals surface area contributed by atoms with Gasteiger partial charge in [0.25, 0.3) is 0 Å². The van der Waals surface area contributed by atoms with Crippen molar-refractivity contribution in [3.63, 3.8) is 0 Å². The van der Waals surface area contributed by atoms with E-state index in [0.717, 1.165) is 33.6 Å². The molecule has 0 saturated carbocycles. The highest BCUT2D eigenvalue weighted by atomic mass is 16.2. The topological polar surface area (TPSA) is 46.2 Å². The van der Waals surface area contributed by atoms with Crippen LogP contribution in [0.5, 0.6) is 0 Å². The normalized spacial score (nSPS) is 18.1. The fourth-order valence-corrected chi connectivity index (χ4v) is 5.08. The Morgan fingerprint density at radius 2 is 1.11 bits per heavy atom. The summed E-state index contributed by atoms with van der Waals surface area (Å²) in [4.78, 5) is 26.7. The molecule has 4 nitrogen and oxygen atoms in total. The molecule has 1 heterocycles. The molecule has 0 atom stereocenters. The van der Waals surface area contributed by atoms with Crippen molar-refractivity contribution >= 4 is 23.2 Å². The van der Waals surface area contributed by atoms with Crippen LogP contribution in [-0.2, 0) is 9.59 Å². The Morgan fingerprint density at radius 1 is 0.750 bits per heavy atom. The summed E-state index contributed by atoms with van der Waals surface area (Å²) in [5.41, 5.74) is 7.43. The number of carbonyl (C=O) groups excluding carboxylic acids is 2. The van der Waals surface area contributed by atoms with Gasteiger partial charge in [-0.25, -0.2) is 4.79 Å². The smallest absolute Gasteiger partial charge is 0.307 e. The SMILES string of the molecule is Cc1cc(C)c([N+]2(c3c(C)cc(C)cc3C)CNC(=O)C(C)(C)C2=O)c(C)c1. The van der Waals surface area contributed by atoms with Gasteiger partial charge in [-0.2, -0.15) is 4.48 Å². The van der Waals surface area contributed by atoms with Gasteiger partial charge in [0.15, 0.2) is 23.5 Å². The molecule has 1 N–H and O–H groups in total. The average molecular weight is 380 g/mol. The Labute approximate surface area is 168 Å². The lowest BCUT2D eigenvalue weighted by atomic mass is 9.84. The van der Waals surface area contributed by atoms with Crippen LogP contribution < -0.4 is 9.80 Å². The highest BCUT2D eigenvalue weighted by Crippen LogP contribution is 2.47. The zero-order valence-corrected chi connectivity index (χ0v) is 18.3. The van der Waals surface area contributed by atoms with E-state index in [1.807, 2.05) is 0 Å². The van der Waals surface area contributed by atoms with E-state index >= 15 is 0 Å². The second kappa shape index (κ2) is 6.56. The lowest BCUT2D eigenvalue weighted by Crippen LogP contribution is -2.69. The number of benzene rings is 2. The number of rotatable bonds is 2. The van der Waals surface area contributed by atoms with Crippen LogP contribution in [-0.4, -0.2) is 18.5 Å². The lowest BCUT2D eigenvalue weighted by Gasteiger charge is -2.45. The minimum atomic E-state index is -1.12. The van der Waals surface area contributed by atoms with Crippen molar-refractivity contribution < 1.29 is 9.59 Å². The molecule has 0 radical (unpaired) electrons. The number of hydrogen-bond donors (Lipinski definition) is 1. The molecule has 4 heteroatoms. The molecule has 148 valence electrons. The van der Waals surface area contributed by atoms with Crippen LogP contribution in [0, 0.1) is 47.0 Å². The van der Waals surface area contributed by atoms with Crippen LogP contribution in [0.3, 0.4) is 0 Å². The lowest BCUT2D eigenvalue weighted by molar-refractivity contribution is -0.151. The number of hydrogen-bond acceptors (Lipinski definition) is 2. The fourth-order valence-electron chi connectivity index (χ4n) is 5.08. The van der Waals surface area contributed by atoms with Gasteiger partial charge >= 0.3 is 5.91 Å². The monoisotopic (exact) mass is 379 g/mol. The molecule has 2 aromatic carbocycles. The minimum absolute atomic E-state index is 0.0225. The first kappa shape index (κ1) is 20.3. The minimum Gasteiger partial charge on any atom is -0.307 e. The van der Waals surface area contributed by atoms with Crippen LogP contribution in [0.4, 0.5) is 11.4 Å². The summed E-state index contributed by atoms with van der Waals surface area (Å²) in [7, 11) is 0. The first-order valence-corrected chi connectivity index (χ1v) is 9.81. The van der Waals surface area contributed by atoms with Gasteiger partial charge in [0.1, 0.15) is 0 Å². The average Bonchev–Trinajstić information content (AvgIpc) is 2.54. The Morgan fingerprint density at radius 3 is 1.46 bits per heavy atom. The van der Waals surface area contributed by atoms with Gasteiger partial charge in [-0.15, -0.1) is 0 Å². The molecule has 1 fully saturated rings. The van der Waals surface area contributed by atoms with Crippen molar-refractivity contribution in [2.24, 2.45) is 5.41 Å². The summed E-state index contributed by atoms with van der Waals surface area (Å²) >= 11 is 0. The highest BCUT2D eigenvalue weighted by molar-refractivity contribution is 6.14. The Bertz CT molecular complexity index is 898. The van der Waals surface area contributed by atoms with Gasteiger partial charge in [0.05, 0.1) is 0 Å². The summed E-state index contributed by atoms with van der Waals surface area (Å²) < 4.78 is 0.0225. The number of carbonyl (C=O) groups is 2. The Balaban J connectivity index is 2.48. The van der Waals surface area contributed by atoms with E-state index in [0.29, 0.717) is 0 Å². The predicted octanol–water partition coefficient (Wildman–Crippen LogP) is 4.82. The molecular formula is C24H31N2O2+. The maximum atomic E-state index is 14.1. The van der Waals surface area contributed by atoms with E-state index in [9.17, 15) is 9.59 Å². The van der Waals surface area contributed by atoms with E-state index in [2.05, 4.69) is 71.1 Å². The van der Waals surface area contributed by atoms with Crippen molar-refractivity contribution in [1.82, 2.24) is 9.80 Å². The summed E-state index contributed by atoms with van der Waals surface area (Å²) in [6.07, 6.45) is 0. The number of aryl methyl sites for hydroxylation is 6. The van der Waals surface area contributed by atoms with Crippen molar-refractivity contribution in [2.75, 3.05) is 6.67 Å². The molecule has 0 aromatic heterocycles. The largest absolute Gasteiger partial charge is 0.340 e. The summed E-state index contributed by atoms with van der Waals surface area (Å²) in [5, 5.41) is 3.04. The third kappa shape index (κ3) is 2.78. The van der Waals surface area contributed by atoms with Crippen LogP contribution >= 0.6 is 0 Å². The van der Waals surface area contributed by atoms with Crippen LogP contribution in [0.15, 0.2) is 24.3 Å². The molecule has 0 aliphatic carbocycles. The van der Waals surface area contributed by atoms with E-state index in [1.165, 1.54) is 11.1 Å². The second-order valence-corrected chi connectivity index (χ2v) is 8.90. The number of nitrogens with one attached hydrogen (secondary N) is 1. The summed E-state index contributed by atoms with van der Waals surface area (Å²) in [6, 6.07) is 8.49. The molecule has 2 amide bonds. The zero-order chi connectivity index (χ0) is 21.0. The van der Waals surface area contributed by atoms with Gasteiger partial charge < -0.3 is 5.32 Å². The zero-order valence-electron chi connectivity index (χ0n) is 18.3. The van der Waals surface area contributed by atoms with Gasteiger partial charge in [-0.3, -0.25) is 4.79 Å². The van der Waals surface area contributed by atoms with Crippen LogP contribution in [0.25, 0.3) is 0 Å². The first-order valence-electron chi connectivity index (χ1n) is 9.81. The van der Waals surface area contributed by atoms with Gasteiger partial charge in [-0.1, -0.05) is 35.4 Å². The Hall–Kier alpha value is -2.46. The number of quaternary nitrogens is 1. The van der Waals surface area contributed by atoms with Crippen molar-refractivity contribution in [3.05, 3.63) is 57.6 Å². The molecule has 0 bridgehead atoms. The maximum absolute atomic E-state index is 14.1. The van der Waals surface area contributed by atoms with Gasteiger partial charge in [0.2, 0.25) is 5.91 Å². The van der Waals surface area contributed by atoms with Crippen molar-refractivity contribution in [1.29, 1.82) is 0 Å². The number of nitrogens with zero attached hydrogens (tertiary/aromatic N) is 1. The molecule has 1 aliphatic rings. The molecule has 3 rings (SSSR count). The van der Waals surface area contributed by atoms with E-state index in [1.54, 1.807) is 13.8 Å². The third-order valence-electron chi connectivity index (χ3n) is 5.96.